The van der Waals surface area contributed by atoms with Crippen molar-refractivity contribution in [1.29, 1.82) is 0 Å². The van der Waals surface area contributed by atoms with E-state index < -0.39 is 6.04 Å². The van der Waals surface area contributed by atoms with Crippen LogP contribution in [0.2, 0.25) is 0 Å². The highest BCUT2D eigenvalue weighted by atomic mass is 32.4. The van der Waals surface area contributed by atoms with E-state index in [4.69, 9.17) is 21.3 Å². The van der Waals surface area contributed by atoms with E-state index in [1.54, 1.807) is 12.2 Å². The van der Waals surface area contributed by atoms with Crippen molar-refractivity contribution in [2.45, 2.75) is 61.8 Å². The normalized spacial score (nSPS) is 19.4. The summed E-state index contributed by atoms with van der Waals surface area (Å²) < 4.78 is 13.7. The molecule has 0 spiro atoms. The molecule has 0 saturated carbocycles. The lowest BCUT2D eigenvalue weighted by Crippen LogP contribution is -2.27. The van der Waals surface area contributed by atoms with Crippen molar-refractivity contribution in [3.63, 3.8) is 0 Å². The molecule has 0 amide bonds. The molecule has 47 heavy (non-hydrogen) atoms. The van der Waals surface area contributed by atoms with Gasteiger partial charge in [0.05, 0.1) is 11.3 Å². The second kappa shape index (κ2) is 16.6. The van der Waals surface area contributed by atoms with Crippen molar-refractivity contribution in [2.24, 2.45) is 0 Å². The lowest BCUT2D eigenvalue weighted by Gasteiger charge is -2.40. The van der Waals surface area contributed by atoms with E-state index in [-0.39, 0.29) is 0 Å². The van der Waals surface area contributed by atoms with Crippen molar-refractivity contribution in [1.82, 2.24) is 0 Å². The van der Waals surface area contributed by atoms with Gasteiger partial charge in [0, 0.05) is 21.8 Å². The lowest BCUT2D eigenvalue weighted by atomic mass is 9.95. The van der Waals surface area contributed by atoms with Gasteiger partial charge in [-0.3, -0.25) is 0 Å². The quantitative estimate of drug-likeness (QED) is 0.155. The van der Waals surface area contributed by atoms with Gasteiger partial charge in [0.2, 0.25) is 0 Å². The molecule has 1 atom stereocenters. The minimum absolute atomic E-state index is 0.727. The zero-order valence-electron chi connectivity index (χ0n) is 29.4. The Balaban J connectivity index is 2.61. The first-order valence-electron chi connectivity index (χ1n) is 16.0. The second-order valence-corrected chi connectivity index (χ2v) is 15.7. The van der Waals surface area contributed by atoms with Gasteiger partial charge in [-0.05, 0) is 107 Å². The summed E-state index contributed by atoms with van der Waals surface area (Å²) >= 11 is 7.09. The Hall–Kier alpha value is -4.17. The Morgan fingerprint density at radius 2 is 1.40 bits per heavy atom. The summed E-state index contributed by atoms with van der Waals surface area (Å²) in [5, 5.41) is 2.89. The first-order valence-corrected chi connectivity index (χ1v) is 18.8. The predicted octanol–water partition coefficient (Wildman–Crippen LogP) is 12.9. The lowest BCUT2D eigenvalue weighted by molar-refractivity contribution is 0.405. The van der Waals surface area contributed by atoms with Crippen molar-refractivity contribution >= 4 is 34.3 Å². The van der Waals surface area contributed by atoms with E-state index in [0.29, 0.717) is 0 Å². The smallest absolute Gasteiger partial charge is 0.147 e. The van der Waals surface area contributed by atoms with Crippen LogP contribution < -0.4 is 14.8 Å². The molecule has 1 aromatic carbocycles. The third-order valence-corrected chi connectivity index (χ3v) is 13.2. The summed E-state index contributed by atoms with van der Waals surface area (Å²) in [6, 6.07) is -0.651. The third-order valence-electron chi connectivity index (χ3n) is 8.22. The molecule has 0 bridgehead atoms. The number of hydrogen-bond acceptors (Lipinski definition) is 3. The minimum atomic E-state index is -2.78. The Labute approximate surface area is 289 Å². The molecule has 0 N–H and O–H groups in total. The van der Waals surface area contributed by atoms with Gasteiger partial charge in [0.1, 0.15) is 23.0 Å². The molecule has 0 aliphatic carbocycles. The molecule has 0 radical (unpaired) electrons. The van der Waals surface area contributed by atoms with Crippen molar-refractivity contribution in [3.05, 3.63) is 173 Å². The maximum Gasteiger partial charge on any atom is 0.147 e. The number of allylic oxidation sites excluding steroid dienone is 24. The third kappa shape index (κ3) is 7.70. The van der Waals surface area contributed by atoms with Crippen LogP contribution in [0, 0.1) is 0 Å². The van der Waals surface area contributed by atoms with E-state index in [1.807, 2.05) is 58.1 Å². The highest BCUT2D eigenvalue weighted by molar-refractivity contribution is 8.22. The maximum atomic E-state index is 7.09. The Kier molecular flexibility index (Phi) is 13.2. The average molecular weight is 661 g/mol. The molecule has 1 unspecified atom stereocenters. The number of ether oxygens (including phenoxy) is 2. The molecule has 2 aliphatic rings. The highest BCUT2D eigenvalue weighted by Gasteiger charge is 2.45. The van der Waals surface area contributed by atoms with Crippen LogP contribution in [0.15, 0.2) is 162 Å². The van der Waals surface area contributed by atoms with E-state index in [0.717, 1.165) is 89.9 Å². The number of hydrogen-bond donors (Lipinski definition) is 0. The van der Waals surface area contributed by atoms with E-state index in [2.05, 4.69) is 103 Å². The molecule has 2 nitrogen and oxygen atoms in total. The maximum absolute atomic E-state index is 7.09. The Bertz CT molecular complexity index is 1850. The summed E-state index contributed by atoms with van der Waals surface area (Å²) in [6.45, 7) is 32.8. The Morgan fingerprint density at radius 1 is 0.809 bits per heavy atom. The van der Waals surface area contributed by atoms with Crippen LogP contribution in [0.3, 0.4) is 0 Å². The molecule has 1 aromatic rings. The second-order valence-electron chi connectivity index (χ2n) is 11.4. The number of benzene rings is 1. The van der Waals surface area contributed by atoms with Gasteiger partial charge in [-0.25, -0.2) is 0 Å². The summed E-state index contributed by atoms with van der Waals surface area (Å²) in [5.74, 6) is 3.01. The minimum Gasteiger partial charge on any atom is -0.460 e. The molecule has 3 rings (SSSR count). The van der Waals surface area contributed by atoms with Gasteiger partial charge in [0.15, 0.2) is 0 Å². The number of rotatable bonds is 13. The molecule has 0 saturated heterocycles. The Morgan fingerprint density at radius 3 is 1.91 bits per heavy atom. The molecule has 4 heteroatoms. The van der Waals surface area contributed by atoms with E-state index >= 15 is 0 Å². The van der Waals surface area contributed by atoms with Crippen molar-refractivity contribution in [3.8, 4) is 11.5 Å². The molecule has 0 fully saturated rings. The first-order chi connectivity index (χ1) is 22.4. The van der Waals surface area contributed by atoms with E-state index in [1.165, 1.54) is 0 Å². The predicted molar refractivity (Wildman–Crippen MR) is 213 cm³/mol. The van der Waals surface area contributed by atoms with E-state index in [9.17, 15) is 0 Å². The van der Waals surface area contributed by atoms with Gasteiger partial charge in [0.25, 0.3) is 0 Å². The molecule has 2 heterocycles. The fourth-order valence-electron chi connectivity index (χ4n) is 5.50. The van der Waals surface area contributed by atoms with Gasteiger partial charge in [-0.15, -0.1) is 0 Å². The topological polar surface area (TPSA) is 18.5 Å². The molecular weight excluding hydrogens is 612 g/mol. The van der Waals surface area contributed by atoms with Crippen LogP contribution in [0.5, 0.6) is 11.5 Å². The molecular formula is C43H49O2PS. The zero-order valence-corrected chi connectivity index (χ0v) is 31.1. The van der Waals surface area contributed by atoms with Gasteiger partial charge in [-0.1, -0.05) is 118 Å². The van der Waals surface area contributed by atoms with Gasteiger partial charge >= 0.3 is 0 Å². The summed E-state index contributed by atoms with van der Waals surface area (Å²) in [4.78, 5) is 0. The van der Waals surface area contributed by atoms with Gasteiger partial charge < -0.3 is 9.47 Å². The first kappa shape index (κ1) is 37.3. The van der Waals surface area contributed by atoms with Crippen molar-refractivity contribution < 1.29 is 9.47 Å². The van der Waals surface area contributed by atoms with Gasteiger partial charge in [-0.2, -0.15) is 0 Å². The monoisotopic (exact) mass is 660 g/mol. The van der Waals surface area contributed by atoms with Crippen molar-refractivity contribution in [2.75, 3.05) is 0 Å². The van der Waals surface area contributed by atoms with Crippen LogP contribution >= 0.6 is 6.04 Å². The summed E-state index contributed by atoms with van der Waals surface area (Å²) in [7, 11) is 0. The SMILES string of the molecule is C=C/C=C\C(=C)/C(C)=C/C1=C(C)Oc2c(/C(C=C)=C/C)cc(C(/C=C\C)=C/C=C)c3c2P1(=S)C(/C=C(C)/C(C)=C/C=C\CC)=C(C)O3. The van der Waals surface area contributed by atoms with Crippen LogP contribution in [0.1, 0.15) is 72.9 Å². The van der Waals surface area contributed by atoms with Crippen LogP contribution in [-0.4, -0.2) is 0 Å². The fraction of sp³-hybridized carbons (Fsp3) is 0.209. The molecule has 244 valence electrons. The summed E-state index contributed by atoms with van der Waals surface area (Å²) in [5.41, 5.74) is 7.93. The van der Waals surface area contributed by atoms with Crippen LogP contribution in [0.25, 0.3) is 11.1 Å². The standard InChI is InChI=1S/C43H49O2PS/c1-13-19-21-25-30(8)32(10)27-40-34(12)45-42-38(36(22-15-3)23-16-4)28-37(35(17-5)18-6)41-43(42)46(40,47)39(33(11)44-41)26-31(9)29(7)24-20-14-2/h14-28H,2-3,5,7,13H2,1,4,6,8-12H3/b21-19-,23-16-,24-20-,30-25+,31-26+,32-27+,35-18+,36-22+. The average Bonchev–Trinajstić information content (AvgIpc) is 3.04. The largest absolute Gasteiger partial charge is 0.460 e. The van der Waals surface area contributed by atoms with Crippen LogP contribution in [-0.2, 0) is 11.8 Å². The molecule has 2 aliphatic heterocycles. The molecule has 0 aromatic heterocycles. The fourth-order valence-corrected chi connectivity index (χ4v) is 10.5. The summed E-state index contributed by atoms with van der Waals surface area (Å²) in [6.07, 6.45) is 29.2. The highest BCUT2D eigenvalue weighted by Crippen LogP contribution is 2.71. The van der Waals surface area contributed by atoms with Crippen LogP contribution in [0.4, 0.5) is 0 Å². The zero-order chi connectivity index (χ0) is 34.9.